The summed E-state index contributed by atoms with van der Waals surface area (Å²) >= 11 is 0. The van der Waals surface area contributed by atoms with Crippen LogP contribution < -0.4 is 5.32 Å². The summed E-state index contributed by atoms with van der Waals surface area (Å²) in [5, 5.41) is 9.85. The van der Waals surface area contributed by atoms with Crippen molar-refractivity contribution in [2.24, 2.45) is 5.10 Å². The van der Waals surface area contributed by atoms with E-state index in [1.54, 1.807) is 18.0 Å². The monoisotopic (exact) mass is 368 g/mol. The highest BCUT2D eigenvalue weighted by Gasteiger charge is 2.56. The second kappa shape index (κ2) is 6.79. The quantitative estimate of drug-likeness (QED) is 0.798. The predicted octanol–water partition coefficient (Wildman–Crippen LogP) is 0.842. The molecule has 3 atom stereocenters. The van der Waals surface area contributed by atoms with Gasteiger partial charge in [-0.25, -0.2) is 9.69 Å². The van der Waals surface area contributed by atoms with Gasteiger partial charge >= 0.3 is 6.03 Å². The Labute approximate surface area is 158 Å². The van der Waals surface area contributed by atoms with Crippen LogP contribution in [0.4, 0.5) is 4.79 Å². The van der Waals surface area contributed by atoms with E-state index in [1.807, 2.05) is 42.3 Å². The minimum absolute atomic E-state index is 0.171. The molecule has 1 aromatic carbocycles. The first-order valence-corrected chi connectivity index (χ1v) is 9.07. The number of urea groups is 1. The van der Waals surface area contributed by atoms with E-state index in [0.29, 0.717) is 13.1 Å². The van der Waals surface area contributed by atoms with E-state index in [1.165, 1.54) is 4.90 Å². The molecule has 3 aliphatic heterocycles. The standard InChI is InChI=1S/C19H24N6O2/c1-4-10-25-18-20-16-15(23(18)11-13(2)21-25)17(26)24(19(27)22(16)3)12-14-8-6-5-7-9-14/h4-9,15-16,18,20H,1,10-12H2,2-3H3. The Bertz CT molecular complexity index is 795. The summed E-state index contributed by atoms with van der Waals surface area (Å²) in [6, 6.07) is 8.85. The first-order valence-electron chi connectivity index (χ1n) is 9.07. The van der Waals surface area contributed by atoms with Crippen LogP contribution in [0.15, 0.2) is 48.1 Å². The van der Waals surface area contributed by atoms with Crippen LogP contribution in [0.5, 0.6) is 0 Å². The lowest BCUT2D eigenvalue weighted by Gasteiger charge is -2.42. The van der Waals surface area contributed by atoms with E-state index in [0.717, 1.165) is 11.3 Å². The second-order valence-electron chi connectivity index (χ2n) is 7.15. The number of hydrazone groups is 1. The fourth-order valence-electron chi connectivity index (χ4n) is 4.03. The minimum Gasteiger partial charge on any atom is -0.310 e. The largest absolute Gasteiger partial charge is 0.328 e. The fourth-order valence-corrected chi connectivity index (χ4v) is 4.03. The third kappa shape index (κ3) is 2.90. The van der Waals surface area contributed by atoms with Crippen molar-refractivity contribution in [3.8, 4) is 0 Å². The van der Waals surface area contributed by atoms with Crippen LogP contribution in [-0.4, -0.2) is 76.0 Å². The Morgan fingerprint density at radius 2 is 2.04 bits per heavy atom. The maximum absolute atomic E-state index is 13.3. The van der Waals surface area contributed by atoms with Crippen LogP contribution in [0, 0.1) is 0 Å². The Morgan fingerprint density at radius 3 is 2.74 bits per heavy atom. The van der Waals surface area contributed by atoms with E-state index in [-0.39, 0.29) is 30.9 Å². The molecule has 3 unspecified atom stereocenters. The zero-order valence-electron chi connectivity index (χ0n) is 15.6. The molecule has 27 heavy (non-hydrogen) atoms. The molecule has 3 heterocycles. The van der Waals surface area contributed by atoms with Crippen LogP contribution >= 0.6 is 0 Å². The number of carbonyl (C=O) groups is 2. The Hall–Kier alpha value is -2.71. The number of fused-ring (bicyclic) bond motifs is 3. The zero-order valence-corrected chi connectivity index (χ0v) is 15.6. The molecule has 8 nitrogen and oxygen atoms in total. The first kappa shape index (κ1) is 17.7. The average Bonchev–Trinajstić information content (AvgIpc) is 3.04. The predicted molar refractivity (Wildman–Crippen MR) is 101 cm³/mol. The third-order valence-corrected chi connectivity index (χ3v) is 5.25. The highest BCUT2D eigenvalue weighted by Crippen LogP contribution is 2.30. The molecule has 0 aliphatic carbocycles. The molecule has 0 saturated carbocycles. The molecule has 2 fully saturated rings. The van der Waals surface area contributed by atoms with Crippen molar-refractivity contribution in [3.05, 3.63) is 48.6 Å². The topological polar surface area (TPSA) is 71.5 Å². The fraction of sp³-hybridized carbons (Fsp3) is 0.421. The molecular weight excluding hydrogens is 344 g/mol. The van der Waals surface area contributed by atoms with Gasteiger partial charge in [0.05, 0.1) is 13.1 Å². The van der Waals surface area contributed by atoms with Gasteiger partial charge in [0, 0.05) is 19.3 Å². The molecule has 4 rings (SSSR count). The molecule has 0 bridgehead atoms. The summed E-state index contributed by atoms with van der Waals surface area (Å²) in [6.45, 7) is 7.15. The number of hydrogen-bond acceptors (Lipinski definition) is 6. The second-order valence-corrected chi connectivity index (χ2v) is 7.15. The van der Waals surface area contributed by atoms with Gasteiger partial charge < -0.3 is 4.90 Å². The molecule has 0 radical (unpaired) electrons. The van der Waals surface area contributed by atoms with Crippen LogP contribution in [0.3, 0.4) is 0 Å². The Balaban J connectivity index is 1.64. The van der Waals surface area contributed by atoms with Gasteiger partial charge in [0.25, 0.3) is 5.91 Å². The van der Waals surface area contributed by atoms with Gasteiger partial charge in [-0.3, -0.25) is 20.0 Å². The summed E-state index contributed by atoms with van der Waals surface area (Å²) in [5.41, 5.74) is 1.86. The molecule has 1 aromatic rings. The summed E-state index contributed by atoms with van der Waals surface area (Å²) in [4.78, 5) is 31.2. The van der Waals surface area contributed by atoms with Crippen molar-refractivity contribution in [1.29, 1.82) is 0 Å². The first-order chi connectivity index (χ1) is 13.0. The summed E-state index contributed by atoms with van der Waals surface area (Å²) in [5.74, 6) is -0.171. The van der Waals surface area contributed by atoms with E-state index in [9.17, 15) is 9.59 Å². The maximum atomic E-state index is 13.3. The van der Waals surface area contributed by atoms with Crippen LogP contribution in [-0.2, 0) is 11.3 Å². The van der Waals surface area contributed by atoms with Crippen molar-refractivity contribution in [1.82, 2.24) is 25.0 Å². The molecule has 1 N–H and O–H groups in total. The molecule has 2 saturated heterocycles. The van der Waals surface area contributed by atoms with Crippen molar-refractivity contribution in [2.75, 3.05) is 20.1 Å². The lowest BCUT2D eigenvalue weighted by Crippen LogP contribution is -2.66. The van der Waals surface area contributed by atoms with E-state index in [4.69, 9.17) is 0 Å². The van der Waals surface area contributed by atoms with Gasteiger partial charge in [0.2, 0.25) is 0 Å². The van der Waals surface area contributed by atoms with Crippen LogP contribution in [0.1, 0.15) is 12.5 Å². The van der Waals surface area contributed by atoms with Gasteiger partial charge in [0.15, 0.2) is 6.29 Å². The van der Waals surface area contributed by atoms with E-state index in [2.05, 4.69) is 21.9 Å². The molecule has 142 valence electrons. The number of rotatable bonds is 4. The summed E-state index contributed by atoms with van der Waals surface area (Å²) in [6.07, 6.45) is 1.16. The number of likely N-dealkylation sites (N-methyl/N-ethyl adjacent to an activating group) is 1. The van der Waals surface area contributed by atoms with Crippen LogP contribution in [0.2, 0.25) is 0 Å². The third-order valence-electron chi connectivity index (χ3n) is 5.25. The number of carbonyl (C=O) groups excluding carboxylic acids is 2. The van der Waals surface area contributed by atoms with E-state index < -0.39 is 6.04 Å². The number of hydrogen-bond donors (Lipinski definition) is 1. The van der Waals surface area contributed by atoms with Crippen molar-refractivity contribution < 1.29 is 9.59 Å². The SMILES string of the molecule is C=CCN1N=C(C)CN2C3C(=O)N(Cc4ccccc4)C(=O)N(C)C3NC12. The molecule has 3 amide bonds. The van der Waals surface area contributed by atoms with Crippen molar-refractivity contribution >= 4 is 17.6 Å². The van der Waals surface area contributed by atoms with E-state index >= 15 is 0 Å². The Morgan fingerprint density at radius 1 is 1.30 bits per heavy atom. The molecular formula is C19H24N6O2. The van der Waals surface area contributed by atoms with Gasteiger partial charge in [0.1, 0.15) is 12.2 Å². The number of benzene rings is 1. The average molecular weight is 368 g/mol. The number of nitrogens with one attached hydrogen (secondary N) is 1. The smallest absolute Gasteiger partial charge is 0.310 e. The zero-order chi connectivity index (χ0) is 19.1. The van der Waals surface area contributed by atoms with Gasteiger partial charge in [-0.1, -0.05) is 36.4 Å². The highest BCUT2D eigenvalue weighted by atomic mass is 16.2. The summed E-state index contributed by atoms with van der Waals surface area (Å²) < 4.78 is 0. The normalized spacial score (nSPS) is 28.1. The maximum Gasteiger partial charge on any atom is 0.328 e. The van der Waals surface area contributed by atoms with Gasteiger partial charge in [-0.2, -0.15) is 5.10 Å². The van der Waals surface area contributed by atoms with Crippen molar-refractivity contribution in [2.45, 2.75) is 32.0 Å². The number of imide groups is 1. The van der Waals surface area contributed by atoms with Gasteiger partial charge in [-0.15, -0.1) is 6.58 Å². The number of amides is 3. The highest BCUT2D eigenvalue weighted by molar-refractivity contribution is 6.01. The van der Waals surface area contributed by atoms with Crippen LogP contribution in [0.25, 0.3) is 0 Å². The molecule has 0 spiro atoms. The molecule has 3 aliphatic rings. The minimum atomic E-state index is -0.445. The lowest BCUT2D eigenvalue weighted by atomic mass is 10.1. The molecule has 8 heteroatoms. The molecule has 0 aromatic heterocycles. The van der Waals surface area contributed by atoms with Crippen molar-refractivity contribution in [3.63, 3.8) is 0 Å². The summed E-state index contributed by atoms with van der Waals surface area (Å²) in [7, 11) is 1.74. The Kier molecular flexibility index (Phi) is 4.45. The lowest BCUT2D eigenvalue weighted by molar-refractivity contribution is -0.139. The van der Waals surface area contributed by atoms with Gasteiger partial charge in [-0.05, 0) is 12.5 Å². The number of nitrogens with zero attached hydrogens (tertiary/aromatic N) is 5.